The van der Waals surface area contributed by atoms with Crippen LogP contribution in [0.5, 0.6) is 0 Å². The Bertz CT molecular complexity index is 862. The number of likely N-dealkylation sites (tertiary alicyclic amines) is 1. The number of aromatic nitrogens is 2. The molecular weight excluding hydrogens is 332 g/mol. The monoisotopic (exact) mass is 356 g/mol. The Morgan fingerprint density at radius 1 is 1.42 bits per heavy atom. The van der Waals surface area contributed by atoms with E-state index in [1.165, 1.54) is 0 Å². The lowest BCUT2D eigenvalue weighted by molar-refractivity contribution is -0.149. The van der Waals surface area contributed by atoms with Crippen molar-refractivity contribution in [3.05, 3.63) is 30.1 Å². The minimum Gasteiger partial charge on any atom is -0.481 e. The van der Waals surface area contributed by atoms with E-state index >= 15 is 0 Å². The number of aryl methyl sites for hydroxylation is 1. The summed E-state index contributed by atoms with van der Waals surface area (Å²) >= 11 is 0. The van der Waals surface area contributed by atoms with Crippen LogP contribution in [0, 0.1) is 11.3 Å². The number of aliphatic carboxylic acids is 1. The molecule has 0 saturated carbocycles. The molecule has 4 rings (SSSR count). The fourth-order valence-electron chi connectivity index (χ4n) is 4.31. The molecule has 2 fully saturated rings. The SMILES string of the molecule is CCCCn1c(CN2C[C@H]3C(=O)NC[C@@]3(C(=O)O)C2)nc2ccccc21. The molecule has 26 heavy (non-hydrogen) atoms. The van der Waals surface area contributed by atoms with Gasteiger partial charge in [0, 0.05) is 26.2 Å². The van der Waals surface area contributed by atoms with Gasteiger partial charge < -0.3 is 15.0 Å². The maximum atomic E-state index is 12.1. The van der Waals surface area contributed by atoms with Gasteiger partial charge in [0.1, 0.15) is 11.2 Å². The summed E-state index contributed by atoms with van der Waals surface area (Å²) in [5.74, 6) is -0.564. The van der Waals surface area contributed by atoms with Gasteiger partial charge in [0.15, 0.2) is 0 Å². The Morgan fingerprint density at radius 3 is 2.96 bits per heavy atom. The first kappa shape index (κ1) is 17.0. The minimum atomic E-state index is -1.00. The third-order valence-corrected chi connectivity index (χ3v) is 5.77. The van der Waals surface area contributed by atoms with Crippen LogP contribution in [0.3, 0.4) is 0 Å². The summed E-state index contributed by atoms with van der Waals surface area (Å²) in [5, 5.41) is 12.4. The van der Waals surface area contributed by atoms with E-state index in [1.807, 2.05) is 18.2 Å². The Morgan fingerprint density at radius 2 is 2.23 bits per heavy atom. The fraction of sp³-hybridized carbons (Fsp3) is 0.526. The van der Waals surface area contributed by atoms with Gasteiger partial charge in [0.2, 0.25) is 5.91 Å². The van der Waals surface area contributed by atoms with E-state index in [4.69, 9.17) is 4.98 Å². The quantitative estimate of drug-likeness (QED) is 0.818. The number of fused-ring (bicyclic) bond motifs is 2. The molecule has 7 nitrogen and oxygen atoms in total. The molecular formula is C19H24N4O3. The molecule has 1 amide bonds. The summed E-state index contributed by atoms with van der Waals surface area (Å²) in [6, 6.07) is 8.08. The first-order chi connectivity index (χ1) is 12.5. The van der Waals surface area contributed by atoms with Crippen molar-refractivity contribution < 1.29 is 14.7 Å². The molecule has 2 aromatic rings. The predicted octanol–water partition coefficient (Wildman–Crippen LogP) is 1.47. The molecule has 0 aliphatic carbocycles. The van der Waals surface area contributed by atoms with Gasteiger partial charge in [-0.2, -0.15) is 0 Å². The van der Waals surface area contributed by atoms with E-state index in [9.17, 15) is 14.7 Å². The van der Waals surface area contributed by atoms with Crippen LogP contribution in [0.4, 0.5) is 0 Å². The number of nitrogens with zero attached hydrogens (tertiary/aromatic N) is 3. The van der Waals surface area contributed by atoms with Crippen molar-refractivity contribution in [2.75, 3.05) is 19.6 Å². The van der Waals surface area contributed by atoms with Crippen LogP contribution < -0.4 is 5.32 Å². The van der Waals surface area contributed by atoms with E-state index in [2.05, 4.69) is 27.8 Å². The number of benzene rings is 1. The Kier molecular flexibility index (Phi) is 4.19. The van der Waals surface area contributed by atoms with Gasteiger partial charge in [-0.3, -0.25) is 14.5 Å². The molecule has 2 N–H and O–H groups in total. The lowest BCUT2D eigenvalue weighted by atomic mass is 9.81. The second-order valence-electron chi connectivity index (χ2n) is 7.42. The minimum absolute atomic E-state index is 0.144. The van der Waals surface area contributed by atoms with E-state index in [0.717, 1.165) is 36.2 Å². The van der Waals surface area contributed by atoms with Gasteiger partial charge >= 0.3 is 5.97 Å². The number of amides is 1. The van der Waals surface area contributed by atoms with Gasteiger partial charge in [-0.05, 0) is 18.6 Å². The number of carbonyl (C=O) groups excluding carboxylic acids is 1. The summed E-state index contributed by atoms with van der Waals surface area (Å²) in [4.78, 5) is 30.8. The van der Waals surface area contributed by atoms with Crippen LogP contribution in [-0.2, 0) is 22.7 Å². The van der Waals surface area contributed by atoms with Crippen LogP contribution in [0.15, 0.2) is 24.3 Å². The summed E-state index contributed by atoms with van der Waals surface area (Å²) in [7, 11) is 0. The van der Waals surface area contributed by atoms with Crippen molar-refractivity contribution in [3.8, 4) is 0 Å². The zero-order valence-electron chi connectivity index (χ0n) is 14.9. The molecule has 0 unspecified atom stereocenters. The third kappa shape index (κ3) is 2.58. The van der Waals surface area contributed by atoms with Gasteiger partial charge in [0.25, 0.3) is 0 Å². The summed E-state index contributed by atoms with van der Waals surface area (Å²) in [6.45, 7) is 4.69. The molecule has 7 heteroatoms. The molecule has 2 aliphatic heterocycles. The number of nitrogens with one attached hydrogen (secondary N) is 1. The fourth-order valence-corrected chi connectivity index (χ4v) is 4.31. The predicted molar refractivity (Wildman–Crippen MR) is 96.5 cm³/mol. The average Bonchev–Trinajstić information content (AvgIpc) is 3.25. The summed E-state index contributed by atoms with van der Waals surface area (Å²) in [5.41, 5.74) is 1.07. The molecule has 1 aromatic carbocycles. The Hall–Kier alpha value is -2.41. The molecule has 0 bridgehead atoms. The van der Waals surface area contributed by atoms with Crippen LogP contribution in [0.2, 0.25) is 0 Å². The highest BCUT2D eigenvalue weighted by atomic mass is 16.4. The van der Waals surface area contributed by atoms with Crippen molar-refractivity contribution in [1.82, 2.24) is 19.8 Å². The summed E-state index contributed by atoms with van der Waals surface area (Å²) < 4.78 is 2.24. The lowest BCUT2D eigenvalue weighted by Gasteiger charge is -2.22. The molecule has 1 aromatic heterocycles. The number of imidazole rings is 1. The zero-order chi connectivity index (χ0) is 18.3. The van der Waals surface area contributed by atoms with Gasteiger partial charge in [-0.25, -0.2) is 4.98 Å². The first-order valence-corrected chi connectivity index (χ1v) is 9.23. The second-order valence-corrected chi connectivity index (χ2v) is 7.42. The number of carboxylic acids is 1. The number of unbranched alkanes of at least 4 members (excludes halogenated alkanes) is 1. The average molecular weight is 356 g/mol. The molecule has 2 aliphatic rings. The van der Waals surface area contributed by atoms with Crippen LogP contribution >= 0.6 is 0 Å². The van der Waals surface area contributed by atoms with E-state index in [0.29, 0.717) is 19.6 Å². The van der Waals surface area contributed by atoms with Gasteiger partial charge in [-0.1, -0.05) is 25.5 Å². The maximum absolute atomic E-state index is 12.1. The number of carbonyl (C=O) groups is 2. The standard InChI is InChI=1S/C19H24N4O3/c1-2-3-8-23-15-7-5-4-6-14(15)21-16(23)10-22-9-13-17(24)20-11-19(13,12-22)18(25)26/h4-7,13H,2-3,8-12H2,1H3,(H,20,24)(H,25,26)/t13-,19+/m0/s1. The molecule has 2 saturated heterocycles. The Labute approximate surface area is 152 Å². The highest BCUT2D eigenvalue weighted by Crippen LogP contribution is 2.40. The van der Waals surface area contributed by atoms with Crippen molar-refractivity contribution in [3.63, 3.8) is 0 Å². The lowest BCUT2D eigenvalue weighted by Crippen LogP contribution is -2.40. The molecule has 0 spiro atoms. The van der Waals surface area contributed by atoms with E-state index in [1.54, 1.807) is 0 Å². The molecule has 0 radical (unpaired) electrons. The number of carboxylic acid groups (broad SMARTS) is 1. The van der Waals surface area contributed by atoms with Crippen molar-refractivity contribution in [2.45, 2.75) is 32.9 Å². The maximum Gasteiger partial charge on any atom is 0.313 e. The van der Waals surface area contributed by atoms with Crippen molar-refractivity contribution in [1.29, 1.82) is 0 Å². The summed E-state index contributed by atoms with van der Waals surface area (Å²) in [6.07, 6.45) is 2.16. The third-order valence-electron chi connectivity index (χ3n) is 5.77. The number of hydrogen-bond donors (Lipinski definition) is 2. The molecule has 3 heterocycles. The first-order valence-electron chi connectivity index (χ1n) is 9.23. The van der Waals surface area contributed by atoms with Crippen LogP contribution in [0.25, 0.3) is 11.0 Å². The highest BCUT2D eigenvalue weighted by molar-refractivity contribution is 5.92. The smallest absolute Gasteiger partial charge is 0.313 e. The molecule has 138 valence electrons. The van der Waals surface area contributed by atoms with Crippen LogP contribution in [-0.4, -0.2) is 51.1 Å². The van der Waals surface area contributed by atoms with Crippen molar-refractivity contribution >= 4 is 22.9 Å². The second kappa shape index (κ2) is 6.39. The number of hydrogen-bond acceptors (Lipinski definition) is 4. The van der Waals surface area contributed by atoms with Crippen LogP contribution in [0.1, 0.15) is 25.6 Å². The van der Waals surface area contributed by atoms with Crippen molar-refractivity contribution in [2.24, 2.45) is 11.3 Å². The number of para-hydroxylation sites is 2. The van der Waals surface area contributed by atoms with E-state index < -0.39 is 17.3 Å². The molecule has 2 atom stereocenters. The zero-order valence-corrected chi connectivity index (χ0v) is 14.9. The van der Waals surface area contributed by atoms with Gasteiger partial charge in [0.05, 0.1) is 23.5 Å². The highest BCUT2D eigenvalue weighted by Gasteiger charge is 2.59. The number of rotatable bonds is 6. The topological polar surface area (TPSA) is 87.5 Å². The largest absolute Gasteiger partial charge is 0.481 e. The normalized spacial score (nSPS) is 25.6. The Balaban J connectivity index is 1.62. The van der Waals surface area contributed by atoms with Gasteiger partial charge in [-0.15, -0.1) is 0 Å². The van der Waals surface area contributed by atoms with E-state index in [-0.39, 0.29) is 12.5 Å².